The topological polar surface area (TPSA) is 90.0 Å². The molecule has 0 saturated heterocycles. The fourth-order valence-corrected chi connectivity index (χ4v) is 8.02. The van der Waals surface area contributed by atoms with Crippen LogP contribution in [0.5, 0.6) is 5.75 Å². The first-order valence-electron chi connectivity index (χ1n) is 13.9. The third kappa shape index (κ3) is 5.98. The number of halogens is 2. The molecule has 2 aromatic carbocycles. The molecule has 0 fully saturated rings. The summed E-state index contributed by atoms with van der Waals surface area (Å²) in [7, 11) is -2.47. The quantitative estimate of drug-likeness (QED) is 0.287. The summed E-state index contributed by atoms with van der Waals surface area (Å²) in [6.45, 7) is 9.40. The van der Waals surface area contributed by atoms with E-state index in [0.29, 0.717) is 59.5 Å². The average Bonchev–Trinajstić information content (AvgIpc) is 2.87. The number of methoxy groups -OCH3 is 1. The molecular formula is C32H35BrClNO6S. The molecule has 7 nitrogen and oxygen atoms in total. The van der Waals surface area contributed by atoms with Gasteiger partial charge in [0.15, 0.2) is 17.3 Å². The first kappa shape index (κ1) is 31.0. The van der Waals surface area contributed by atoms with Crippen LogP contribution in [0.25, 0.3) is 0 Å². The monoisotopic (exact) mass is 675 g/mol. The Morgan fingerprint density at radius 2 is 1.45 bits per heavy atom. The van der Waals surface area contributed by atoms with Crippen LogP contribution in [-0.2, 0) is 24.4 Å². The lowest BCUT2D eigenvalue weighted by molar-refractivity contribution is -0.119. The highest BCUT2D eigenvalue weighted by Crippen LogP contribution is 2.54. The maximum absolute atomic E-state index is 13.9. The average molecular weight is 677 g/mol. The van der Waals surface area contributed by atoms with Gasteiger partial charge in [0.2, 0.25) is 0 Å². The lowest BCUT2D eigenvalue weighted by Crippen LogP contribution is -2.45. The molecule has 0 aromatic heterocycles. The molecule has 0 radical (unpaired) electrons. The van der Waals surface area contributed by atoms with Gasteiger partial charge in [-0.3, -0.25) is 9.59 Å². The van der Waals surface area contributed by atoms with Crippen LogP contribution in [0.4, 0.5) is 0 Å². The van der Waals surface area contributed by atoms with E-state index in [0.717, 1.165) is 17.0 Å². The molecule has 3 aliphatic rings. The van der Waals surface area contributed by atoms with Crippen molar-refractivity contribution >= 4 is 49.2 Å². The van der Waals surface area contributed by atoms with Crippen molar-refractivity contribution in [3.8, 4) is 5.75 Å². The molecule has 0 atom stereocenters. The lowest BCUT2D eigenvalue weighted by atomic mass is 9.63. The van der Waals surface area contributed by atoms with Gasteiger partial charge in [-0.25, -0.2) is 0 Å². The molecule has 2 aliphatic carbocycles. The minimum Gasteiger partial charge on any atom is -0.383 e. The van der Waals surface area contributed by atoms with Gasteiger partial charge in [-0.05, 0) is 81.6 Å². The lowest BCUT2D eigenvalue weighted by Gasteiger charge is -2.49. The van der Waals surface area contributed by atoms with Crippen molar-refractivity contribution < 1.29 is 26.9 Å². The van der Waals surface area contributed by atoms with Gasteiger partial charge in [-0.1, -0.05) is 45.4 Å². The van der Waals surface area contributed by atoms with Crippen molar-refractivity contribution in [2.45, 2.75) is 64.2 Å². The molecule has 0 bridgehead atoms. The molecule has 5 rings (SSSR count). The van der Waals surface area contributed by atoms with Crippen LogP contribution in [0.3, 0.4) is 0 Å². The van der Waals surface area contributed by atoms with Crippen molar-refractivity contribution in [1.29, 1.82) is 0 Å². The molecular weight excluding hydrogens is 642 g/mol. The highest BCUT2D eigenvalue weighted by Gasteiger charge is 2.49. The fourth-order valence-electron chi connectivity index (χ4n) is 6.37. The molecule has 10 heteroatoms. The number of ketones is 2. The molecule has 2 aromatic rings. The second-order valence-corrected chi connectivity index (χ2v) is 15.7. The SMILES string of the molecule is COCCN1C2=C(C(=O)CC(C)(C)C2)C(c2ccc(OS(=O)(=O)c3ccc(Cl)cc3)c(Br)c2)C2=C1CC(C)(C)CC2=O. The standard InChI is InChI=1S/C32H35BrClNO6S/c1-31(2)15-23-29(25(36)17-31)28(30-24(35(23)12-13-40-5)16-32(3,4)18-26(30)37)19-6-11-27(22(33)14-19)41-42(38,39)21-9-7-20(34)8-10-21/h6-11,14,28H,12-13,15-18H2,1-5H3. The summed E-state index contributed by atoms with van der Waals surface area (Å²) in [6, 6.07) is 10.8. The zero-order valence-electron chi connectivity index (χ0n) is 24.4. The van der Waals surface area contributed by atoms with Crippen LogP contribution in [0.15, 0.2) is 74.4 Å². The van der Waals surface area contributed by atoms with Crippen LogP contribution in [0, 0.1) is 10.8 Å². The number of rotatable bonds is 7. The Balaban J connectivity index is 1.62. The van der Waals surface area contributed by atoms with Crippen LogP contribution < -0.4 is 4.18 Å². The van der Waals surface area contributed by atoms with E-state index in [2.05, 4.69) is 48.5 Å². The van der Waals surface area contributed by atoms with Crippen molar-refractivity contribution in [1.82, 2.24) is 4.90 Å². The maximum atomic E-state index is 13.9. The largest absolute Gasteiger partial charge is 0.383 e. The zero-order chi connectivity index (χ0) is 30.6. The zero-order valence-corrected chi connectivity index (χ0v) is 27.6. The van der Waals surface area contributed by atoms with Gasteiger partial charge < -0.3 is 13.8 Å². The van der Waals surface area contributed by atoms with E-state index in [1.165, 1.54) is 24.3 Å². The molecule has 0 saturated carbocycles. The van der Waals surface area contributed by atoms with E-state index in [1.54, 1.807) is 25.3 Å². The summed E-state index contributed by atoms with van der Waals surface area (Å²) < 4.78 is 37.2. The third-order valence-electron chi connectivity index (χ3n) is 8.13. The minimum absolute atomic E-state index is 0.0262. The third-order valence-corrected chi connectivity index (χ3v) is 10.3. The van der Waals surface area contributed by atoms with E-state index in [1.807, 2.05) is 0 Å². The Hall–Kier alpha value is -2.46. The van der Waals surface area contributed by atoms with Crippen LogP contribution in [0.2, 0.25) is 5.02 Å². The van der Waals surface area contributed by atoms with Crippen molar-refractivity contribution in [2.75, 3.05) is 20.3 Å². The second kappa shape index (κ2) is 11.2. The number of allylic oxidation sites excluding steroid dienone is 4. The normalized spacial score (nSPS) is 20.5. The predicted octanol–water partition coefficient (Wildman–Crippen LogP) is 7.20. The number of Topliss-reactive ketones (excluding diaryl/α,β-unsaturated/α-hetero) is 2. The van der Waals surface area contributed by atoms with Crippen molar-refractivity contribution in [3.63, 3.8) is 0 Å². The van der Waals surface area contributed by atoms with E-state index < -0.39 is 16.0 Å². The molecule has 1 aliphatic heterocycles. The highest BCUT2D eigenvalue weighted by molar-refractivity contribution is 9.10. The molecule has 0 N–H and O–H groups in total. The van der Waals surface area contributed by atoms with Gasteiger partial charge in [-0.2, -0.15) is 8.42 Å². The number of hydrogen-bond acceptors (Lipinski definition) is 7. The minimum atomic E-state index is -4.12. The molecule has 224 valence electrons. The van der Waals surface area contributed by atoms with E-state index in [4.69, 9.17) is 20.5 Å². The number of benzene rings is 2. The molecule has 1 heterocycles. The number of hydrogen-bond donors (Lipinski definition) is 0. The van der Waals surface area contributed by atoms with Gasteiger partial charge in [0, 0.05) is 60.0 Å². The number of nitrogens with zero attached hydrogens (tertiary/aromatic N) is 1. The Kier molecular flexibility index (Phi) is 8.28. The van der Waals surface area contributed by atoms with Gasteiger partial charge in [0.1, 0.15) is 4.90 Å². The molecule has 42 heavy (non-hydrogen) atoms. The Morgan fingerprint density at radius 3 is 1.95 bits per heavy atom. The van der Waals surface area contributed by atoms with Gasteiger partial charge in [0.25, 0.3) is 0 Å². The van der Waals surface area contributed by atoms with Gasteiger partial charge in [0.05, 0.1) is 11.1 Å². The summed E-state index contributed by atoms with van der Waals surface area (Å²) in [4.78, 5) is 30.0. The Morgan fingerprint density at radius 1 is 0.905 bits per heavy atom. The Bertz CT molecular complexity index is 1570. The number of carbonyl (C=O) groups is 2. The predicted molar refractivity (Wildman–Crippen MR) is 165 cm³/mol. The fraction of sp³-hybridized carbons (Fsp3) is 0.438. The first-order chi connectivity index (χ1) is 19.6. The van der Waals surface area contributed by atoms with Crippen LogP contribution in [-0.4, -0.2) is 45.1 Å². The van der Waals surface area contributed by atoms with Gasteiger partial charge >= 0.3 is 10.1 Å². The van der Waals surface area contributed by atoms with Crippen LogP contribution >= 0.6 is 27.5 Å². The summed E-state index contributed by atoms with van der Waals surface area (Å²) in [5.74, 6) is -0.403. The summed E-state index contributed by atoms with van der Waals surface area (Å²) >= 11 is 9.41. The molecule has 0 amide bonds. The smallest absolute Gasteiger partial charge is 0.339 e. The van der Waals surface area contributed by atoms with E-state index in [9.17, 15) is 18.0 Å². The maximum Gasteiger partial charge on any atom is 0.339 e. The number of ether oxygens (including phenoxy) is 1. The van der Waals surface area contributed by atoms with Crippen molar-refractivity contribution in [3.05, 3.63) is 80.1 Å². The van der Waals surface area contributed by atoms with Crippen LogP contribution in [0.1, 0.15) is 64.9 Å². The summed E-state index contributed by atoms with van der Waals surface area (Å²) in [5.41, 5.74) is 3.45. The Labute approximate surface area is 261 Å². The van der Waals surface area contributed by atoms with Gasteiger partial charge in [-0.15, -0.1) is 0 Å². The highest BCUT2D eigenvalue weighted by atomic mass is 79.9. The second-order valence-electron chi connectivity index (χ2n) is 12.9. The summed E-state index contributed by atoms with van der Waals surface area (Å²) in [5, 5.41) is 0.413. The first-order valence-corrected chi connectivity index (χ1v) is 16.5. The number of carbonyl (C=O) groups excluding carboxylic acids is 2. The molecule has 0 spiro atoms. The van der Waals surface area contributed by atoms with E-state index in [-0.39, 0.29) is 33.0 Å². The van der Waals surface area contributed by atoms with E-state index >= 15 is 0 Å². The van der Waals surface area contributed by atoms with Crippen molar-refractivity contribution in [2.24, 2.45) is 10.8 Å². The summed E-state index contributed by atoms with van der Waals surface area (Å²) in [6.07, 6.45) is 2.15. The molecule has 0 unspecified atom stereocenters.